The molecule has 1 aromatic rings. The Hall–Kier alpha value is -1.37. The van der Waals surface area contributed by atoms with Crippen LogP contribution in [-0.2, 0) is 10.5 Å². The molecular formula is C14H20F2N2O2S. The average molecular weight is 318 g/mol. The molecule has 1 heterocycles. The maximum atomic E-state index is 12.1. The number of carbonyl (C=O) groups is 1. The molecule has 0 unspecified atom stereocenters. The number of alkyl halides is 2. The van der Waals surface area contributed by atoms with Crippen LogP contribution in [-0.4, -0.2) is 29.8 Å². The van der Waals surface area contributed by atoms with Gasteiger partial charge in [-0.1, -0.05) is 26.8 Å². The lowest BCUT2D eigenvalue weighted by molar-refractivity contribution is -0.118. The summed E-state index contributed by atoms with van der Waals surface area (Å²) in [4.78, 5) is 15.6. The predicted molar refractivity (Wildman–Crippen MR) is 79.5 cm³/mol. The van der Waals surface area contributed by atoms with Gasteiger partial charge in [0.1, 0.15) is 0 Å². The van der Waals surface area contributed by atoms with Crippen LogP contribution in [0.15, 0.2) is 18.2 Å². The summed E-state index contributed by atoms with van der Waals surface area (Å²) in [6.45, 7) is 3.85. The lowest BCUT2D eigenvalue weighted by Crippen LogP contribution is -2.33. The third kappa shape index (κ3) is 8.49. The first-order valence-electron chi connectivity index (χ1n) is 6.51. The number of amides is 1. The number of thioether (sulfide) groups is 1. The van der Waals surface area contributed by atoms with Crippen molar-refractivity contribution in [2.45, 2.75) is 33.1 Å². The number of pyridine rings is 1. The summed E-state index contributed by atoms with van der Waals surface area (Å²) in [6.07, 6.45) is 0. The molecule has 1 N–H and O–H groups in total. The maximum absolute atomic E-state index is 12.1. The van der Waals surface area contributed by atoms with Crippen molar-refractivity contribution in [2.24, 2.45) is 5.41 Å². The number of aromatic nitrogens is 1. The van der Waals surface area contributed by atoms with Crippen molar-refractivity contribution in [1.82, 2.24) is 10.3 Å². The summed E-state index contributed by atoms with van der Waals surface area (Å²) in [5.41, 5.74) is 0.643. The molecule has 0 bridgehead atoms. The number of nitrogens with zero attached hydrogens (tertiary/aromatic N) is 1. The molecule has 0 saturated heterocycles. The van der Waals surface area contributed by atoms with E-state index in [1.165, 1.54) is 17.8 Å². The van der Waals surface area contributed by atoms with Crippen LogP contribution in [0.1, 0.15) is 26.5 Å². The molecule has 0 fully saturated rings. The molecule has 1 rings (SSSR count). The standard InChI is InChI=1S/C14H20F2N2O2S/c1-14(2,3)9-17-11(19)8-21-7-10-5-4-6-12(18-10)20-13(15)16/h4-6,13H,7-9H2,1-3H3,(H,17,19). The van der Waals surface area contributed by atoms with E-state index in [2.05, 4.69) is 15.0 Å². The molecule has 1 amide bonds. The minimum Gasteiger partial charge on any atom is -0.417 e. The number of ether oxygens (including phenoxy) is 1. The first-order chi connectivity index (χ1) is 9.76. The molecule has 0 aliphatic rings. The Labute approximate surface area is 127 Å². The lowest BCUT2D eigenvalue weighted by Gasteiger charge is -2.18. The zero-order valence-electron chi connectivity index (χ0n) is 12.4. The fourth-order valence-corrected chi connectivity index (χ4v) is 2.12. The van der Waals surface area contributed by atoms with E-state index >= 15 is 0 Å². The second-order valence-corrected chi connectivity index (χ2v) is 6.66. The van der Waals surface area contributed by atoms with E-state index < -0.39 is 6.61 Å². The van der Waals surface area contributed by atoms with Gasteiger partial charge in [-0.05, 0) is 11.5 Å². The zero-order chi connectivity index (χ0) is 15.9. The number of hydrogen-bond acceptors (Lipinski definition) is 4. The van der Waals surface area contributed by atoms with E-state index in [1.807, 2.05) is 20.8 Å². The van der Waals surface area contributed by atoms with E-state index in [0.717, 1.165) is 0 Å². The molecule has 118 valence electrons. The molecule has 0 aromatic carbocycles. The zero-order valence-corrected chi connectivity index (χ0v) is 13.2. The van der Waals surface area contributed by atoms with Gasteiger partial charge >= 0.3 is 6.61 Å². The van der Waals surface area contributed by atoms with Crippen molar-refractivity contribution in [3.05, 3.63) is 23.9 Å². The Bertz CT molecular complexity index is 465. The van der Waals surface area contributed by atoms with E-state index in [-0.39, 0.29) is 17.2 Å². The van der Waals surface area contributed by atoms with Gasteiger partial charge in [-0.15, -0.1) is 11.8 Å². The Morgan fingerprint density at radius 2 is 2.14 bits per heavy atom. The highest BCUT2D eigenvalue weighted by Crippen LogP contribution is 2.15. The molecule has 0 radical (unpaired) electrons. The smallest absolute Gasteiger partial charge is 0.388 e. The van der Waals surface area contributed by atoms with Gasteiger partial charge in [0.15, 0.2) is 0 Å². The predicted octanol–water partition coefficient (Wildman–Crippen LogP) is 3.08. The van der Waals surface area contributed by atoms with Crippen LogP contribution in [0.5, 0.6) is 5.88 Å². The van der Waals surface area contributed by atoms with Crippen LogP contribution in [0.3, 0.4) is 0 Å². The van der Waals surface area contributed by atoms with Gasteiger partial charge in [-0.3, -0.25) is 4.79 Å². The number of hydrogen-bond donors (Lipinski definition) is 1. The molecule has 0 atom stereocenters. The third-order valence-corrected chi connectivity index (χ3v) is 3.26. The fourth-order valence-electron chi connectivity index (χ4n) is 1.36. The molecule has 21 heavy (non-hydrogen) atoms. The van der Waals surface area contributed by atoms with Crippen molar-refractivity contribution in [3.63, 3.8) is 0 Å². The number of nitrogens with one attached hydrogen (secondary N) is 1. The van der Waals surface area contributed by atoms with E-state index in [0.29, 0.717) is 23.7 Å². The van der Waals surface area contributed by atoms with E-state index in [4.69, 9.17) is 0 Å². The van der Waals surface area contributed by atoms with Crippen molar-refractivity contribution >= 4 is 17.7 Å². The second-order valence-electron chi connectivity index (χ2n) is 5.68. The first kappa shape index (κ1) is 17.7. The van der Waals surface area contributed by atoms with Crippen molar-refractivity contribution in [3.8, 4) is 5.88 Å². The van der Waals surface area contributed by atoms with Crippen LogP contribution in [0.2, 0.25) is 0 Å². The summed E-state index contributed by atoms with van der Waals surface area (Å²) < 4.78 is 28.4. The van der Waals surface area contributed by atoms with Gasteiger partial charge in [-0.2, -0.15) is 8.78 Å². The van der Waals surface area contributed by atoms with Crippen LogP contribution in [0.25, 0.3) is 0 Å². The van der Waals surface area contributed by atoms with Gasteiger partial charge in [-0.25, -0.2) is 4.98 Å². The van der Waals surface area contributed by atoms with Crippen molar-refractivity contribution < 1.29 is 18.3 Å². The molecule has 0 aliphatic heterocycles. The van der Waals surface area contributed by atoms with Crippen LogP contribution < -0.4 is 10.1 Å². The second kappa shape index (κ2) is 8.17. The average Bonchev–Trinajstić information content (AvgIpc) is 2.35. The topological polar surface area (TPSA) is 51.2 Å². The number of carbonyl (C=O) groups excluding carboxylic acids is 1. The molecule has 0 spiro atoms. The number of halogens is 2. The third-order valence-electron chi connectivity index (χ3n) is 2.29. The van der Waals surface area contributed by atoms with Gasteiger partial charge in [0.05, 0.1) is 11.4 Å². The summed E-state index contributed by atoms with van der Waals surface area (Å²) in [5.74, 6) is 0.608. The number of rotatable bonds is 7. The first-order valence-corrected chi connectivity index (χ1v) is 7.67. The minimum atomic E-state index is -2.89. The van der Waals surface area contributed by atoms with Crippen LogP contribution >= 0.6 is 11.8 Å². The highest BCUT2D eigenvalue weighted by molar-refractivity contribution is 7.99. The van der Waals surface area contributed by atoms with E-state index in [9.17, 15) is 13.6 Å². The van der Waals surface area contributed by atoms with Gasteiger partial charge < -0.3 is 10.1 Å². The quantitative estimate of drug-likeness (QED) is 0.839. The summed E-state index contributed by atoms with van der Waals surface area (Å²) in [6, 6.07) is 4.68. The van der Waals surface area contributed by atoms with Crippen molar-refractivity contribution in [1.29, 1.82) is 0 Å². The summed E-state index contributed by atoms with van der Waals surface area (Å²) in [7, 11) is 0. The summed E-state index contributed by atoms with van der Waals surface area (Å²) in [5, 5.41) is 2.84. The minimum absolute atomic E-state index is 0.0445. The van der Waals surface area contributed by atoms with E-state index in [1.54, 1.807) is 12.1 Å². The molecule has 7 heteroatoms. The lowest BCUT2D eigenvalue weighted by atomic mass is 9.97. The van der Waals surface area contributed by atoms with Crippen LogP contribution in [0, 0.1) is 5.41 Å². The molecule has 1 aromatic heterocycles. The highest BCUT2D eigenvalue weighted by atomic mass is 32.2. The molecule has 4 nitrogen and oxygen atoms in total. The fraction of sp³-hybridized carbons (Fsp3) is 0.571. The Kier molecular flexibility index (Phi) is 6.87. The van der Waals surface area contributed by atoms with Crippen LogP contribution in [0.4, 0.5) is 8.78 Å². The monoisotopic (exact) mass is 318 g/mol. The normalized spacial score (nSPS) is 11.5. The van der Waals surface area contributed by atoms with Crippen molar-refractivity contribution in [2.75, 3.05) is 12.3 Å². The Morgan fingerprint density at radius 1 is 1.43 bits per heavy atom. The SMILES string of the molecule is CC(C)(C)CNC(=O)CSCc1cccc(OC(F)F)n1. The summed E-state index contributed by atoms with van der Waals surface area (Å²) >= 11 is 1.38. The van der Waals surface area contributed by atoms with Gasteiger partial charge in [0.2, 0.25) is 11.8 Å². The van der Waals surface area contributed by atoms with Gasteiger partial charge in [0.25, 0.3) is 0 Å². The Balaban J connectivity index is 2.33. The molecular weight excluding hydrogens is 298 g/mol. The largest absolute Gasteiger partial charge is 0.417 e. The van der Waals surface area contributed by atoms with Gasteiger partial charge in [0, 0.05) is 18.4 Å². The highest BCUT2D eigenvalue weighted by Gasteiger charge is 2.12. The molecule has 0 aliphatic carbocycles. The maximum Gasteiger partial charge on any atom is 0.388 e. The molecule has 0 saturated carbocycles. The Morgan fingerprint density at radius 3 is 2.76 bits per heavy atom.